The number of aliphatic imine (C=N–C) groups is 1. The van der Waals surface area contributed by atoms with Gasteiger partial charge < -0.3 is 19.7 Å². The summed E-state index contributed by atoms with van der Waals surface area (Å²) in [4.78, 5) is 9.07. The number of halogens is 2. The van der Waals surface area contributed by atoms with E-state index in [0.717, 1.165) is 36.5 Å². The van der Waals surface area contributed by atoms with Crippen LogP contribution < -0.4 is 5.32 Å². The van der Waals surface area contributed by atoms with Crippen molar-refractivity contribution in [2.75, 3.05) is 40.3 Å². The molecule has 2 rings (SSSR count). The third-order valence-corrected chi connectivity index (χ3v) is 4.71. The van der Waals surface area contributed by atoms with Gasteiger partial charge in [0.25, 0.3) is 0 Å². The van der Waals surface area contributed by atoms with E-state index in [1.807, 2.05) is 26.4 Å². The van der Waals surface area contributed by atoms with Crippen LogP contribution in [-0.2, 0) is 13.6 Å². The van der Waals surface area contributed by atoms with Gasteiger partial charge in [-0.2, -0.15) is 0 Å². The van der Waals surface area contributed by atoms with Crippen LogP contribution in [0.1, 0.15) is 25.5 Å². The maximum absolute atomic E-state index is 6.05. The highest BCUT2D eigenvalue weighted by Crippen LogP contribution is 2.15. The van der Waals surface area contributed by atoms with Crippen molar-refractivity contribution >= 4 is 41.5 Å². The van der Waals surface area contributed by atoms with Crippen LogP contribution in [0.3, 0.4) is 0 Å². The Morgan fingerprint density at radius 2 is 2.25 bits per heavy atom. The Bertz CT molecular complexity index is 531. The molecule has 1 saturated heterocycles. The van der Waals surface area contributed by atoms with Crippen LogP contribution in [0.5, 0.6) is 0 Å². The zero-order chi connectivity index (χ0) is 16.8. The van der Waals surface area contributed by atoms with E-state index in [2.05, 4.69) is 38.6 Å². The summed E-state index contributed by atoms with van der Waals surface area (Å²) in [6.07, 6.45) is 4.62. The maximum Gasteiger partial charge on any atom is 0.193 e. The van der Waals surface area contributed by atoms with Gasteiger partial charge in [0.05, 0.1) is 11.6 Å². The van der Waals surface area contributed by atoms with Crippen molar-refractivity contribution in [2.45, 2.75) is 26.3 Å². The molecule has 1 aliphatic heterocycles. The number of hydrogen-bond donors (Lipinski definition) is 1. The summed E-state index contributed by atoms with van der Waals surface area (Å²) in [5, 5.41) is 4.25. The SMILES string of the molecule is CN=C(NCCN1CCCC(C)C1)N(C)Cc1cc(Cl)cn1C.I. The summed E-state index contributed by atoms with van der Waals surface area (Å²) < 4.78 is 2.06. The van der Waals surface area contributed by atoms with E-state index < -0.39 is 0 Å². The molecule has 0 spiro atoms. The molecule has 5 nitrogen and oxygen atoms in total. The van der Waals surface area contributed by atoms with Crippen molar-refractivity contribution in [1.29, 1.82) is 0 Å². The van der Waals surface area contributed by atoms with Crippen LogP contribution in [-0.4, -0.2) is 60.6 Å². The zero-order valence-electron chi connectivity index (χ0n) is 15.3. The lowest BCUT2D eigenvalue weighted by molar-refractivity contribution is 0.186. The topological polar surface area (TPSA) is 35.8 Å². The molecule has 1 atom stereocenters. The minimum Gasteiger partial charge on any atom is -0.355 e. The minimum absolute atomic E-state index is 0. The van der Waals surface area contributed by atoms with E-state index in [1.54, 1.807) is 0 Å². The first kappa shape index (κ1) is 21.6. The lowest BCUT2D eigenvalue weighted by atomic mass is 10.0. The van der Waals surface area contributed by atoms with Gasteiger partial charge in [-0.3, -0.25) is 4.99 Å². The molecule has 0 saturated carbocycles. The number of hydrogen-bond acceptors (Lipinski definition) is 2. The molecule has 1 unspecified atom stereocenters. The summed E-state index contributed by atoms with van der Waals surface area (Å²) in [5.74, 6) is 1.75. The average molecular weight is 468 g/mol. The molecule has 0 bridgehead atoms. The fourth-order valence-corrected chi connectivity index (χ4v) is 3.51. The highest BCUT2D eigenvalue weighted by atomic mass is 127. The van der Waals surface area contributed by atoms with Gasteiger partial charge in [0.15, 0.2) is 5.96 Å². The fraction of sp³-hybridized carbons (Fsp3) is 0.706. The predicted octanol–water partition coefficient (Wildman–Crippen LogP) is 3.04. The Hall–Kier alpha value is -0.470. The third kappa shape index (κ3) is 6.44. The summed E-state index contributed by atoms with van der Waals surface area (Å²) in [5.41, 5.74) is 1.17. The predicted molar refractivity (Wildman–Crippen MR) is 114 cm³/mol. The highest BCUT2D eigenvalue weighted by Gasteiger charge is 2.16. The molecule has 0 aliphatic carbocycles. The van der Waals surface area contributed by atoms with Crippen molar-refractivity contribution in [3.05, 3.63) is 23.0 Å². The van der Waals surface area contributed by atoms with E-state index >= 15 is 0 Å². The lowest BCUT2D eigenvalue weighted by Crippen LogP contribution is -2.44. The van der Waals surface area contributed by atoms with Crippen LogP contribution in [0.15, 0.2) is 17.3 Å². The normalized spacial score (nSPS) is 19.0. The van der Waals surface area contributed by atoms with Crippen molar-refractivity contribution in [2.24, 2.45) is 18.0 Å². The molecule has 0 aromatic carbocycles. The number of nitrogens with one attached hydrogen (secondary N) is 1. The van der Waals surface area contributed by atoms with E-state index in [9.17, 15) is 0 Å². The standard InChI is InChI=1S/C17H30ClN5.HI/c1-14-6-5-8-23(11-14)9-7-20-17(19-2)22(4)13-16-10-15(18)12-21(16)3;/h10,12,14H,5-9,11,13H2,1-4H3,(H,19,20);1H. The second-order valence-electron chi connectivity index (χ2n) is 6.64. The minimum atomic E-state index is 0. The third-order valence-electron chi connectivity index (χ3n) is 4.50. The van der Waals surface area contributed by atoms with Crippen LogP contribution in [0.4, 0.5) is 0 Å². The van der Waals surface area contributed by atoms with Crippen LogP contribution in [0.2, 0.25) is 5.02 Å². The van der Waals surface area contributed by atoms with Gasteiger partial charge in [0.1, 0.15) is 0 Å². The van der Waals surface area contributed by atoms with Crippen LogP contribution in [0, 0.1) is 5.92 Å². The first-order valence-electron chi connectivity index (χ1n) is 8.44. The summed E-state index contributed by atoms with van der Waals surface area (Å²) >= 11 is 6.05. The molecule has 1 aliphatic rings. The smallest absolute Gasteiger partial charge is 0.193 e. The van der Waals surface area contributed by atoms with Crippen molar-refractivity contribution < 1.29 is 0 Å². The number of rotatable bonds is 5. The van der Waals surface area contributed by atoms with Gasteiger partial charge in [0.2, 0.25) is 0 Å². The largest absolute Gasteiger partial charge is 0.355 e. The number of aromatic nitrogens is 1. The molecule has 138 valence electrons. The summed E-state index contributed by atoms with van der Waals surface area (Å²) in [7, 11) is 5.90. The van der Waals surface area contributed by atoms with Gasteiger partial charge >= 0.3 is 0 Å². The lowest BCUT2D eigenvalue weighted by Gasteiger charge is -2.31. The molecule has 7 heteroatoms. The Labute approximate surface area is 168 Å². The van der Waals surface area contributed by atoms with Gasteiger partial charge in [-0.15, -0.1) is 24.0 Å². The maximum atomic E-state index is 6.05. The van der Waals surface area contributed by atoms with E-state index in [0.29, 0.717) is 0 Å². The first-order valence-corrected chi connectivity index (χ1v) is 8.82. The molecule has 1 N–H and O–H groups in total. The van der Waals surface area contributed by atoms with E-state index in [4.69, 9.17) is 11.6 Å². The highest BCUT2D eigenvalue weighted by molar-refractivity contribution is 14.0. The molecule has 2 heterocycles. The van der Waals surface area contributed by atoms with E-state index in [1.165, 1.54) is 31.6 Å². The monoisotopic (exact) mass is 467 g/mol. The number of piperidine rings is 1. The average Bonchev–Trinajstić information content (AvgIpc) is 2.81. The molecule has 1 aromatic rings. The summed E-state index contributed by atoms with van der Waals surface area (Å²) in [6, 6.07) is 2.00. The van der Waals surface area contributed by atoms with Gasteiger partial charge in [-0.1, -0.05) is 18.5 Å². The quantitative estimate of drug-likeness (QED) is 0.411. The number of likely N-dealkylation sites (tertiary alicyclic amines) is 1. The van der Waals surface area contributed by atoms with Crippen molar-refractivity contribution in [3.63, 3.8) is 0 Å². The van der Waals surface area contributed by atoms with E-state index in [-0.39, 0.29) is 24.0 Å². The fourth-order valence-electron chi connectivity index (χ4n) is 3.24. The number of guanidine groups is 1. The van der Waals surface area contributed by atoms with Crippen LogP contribution >= 0.6 is 35.6 Å². The molecule has 24 heavy (non-hydrogen) atoms. The molecule has 1 fully saturated rings. The zero-order valence-corrected chi connectivity index (χ0v) is 18.3. The molecule has 0 radical (unpaired) electrons. The first-order chi connectivity index (χ1) is 11.0. The molecular weight excluding hydrogens is 437 g/mol. The van der Waals surface area contributed by atoms with Crippen molar-refractivity contribution in [3.8, 4) is 0 Å². The molecular formula is C17H31ClIN5. The second-order valence-corrected chi connectivity index (χ2v) is 7.08. The molecule has 1 aromatic heterocycles. The van der Waals surface area contributed by atoms with Crippen LogP contribution in [0.25, 0.3) is 0 Å². The Morgan fingerprint density at radius 3 is 2.83 bits per heavy atom. The summed E-state index contributed by atoms with van der Waals surface area (Å²) in [6.45, 7) is 7.58. The van der Waals surface area contributed by atoms with Gasteiger partial charge in [0, 0.05) is 52.7 Å². The Kier molecular flexibility index (Phi) is 9.44. The number of nitrogens with zero attached hydrogens (tertiary/aromatic N) is 4. The van der Waals surface area contributed by atoms with Gasteiger partial charge in [-0.05, 0) is 31.4 Å². The Morgan fingerprint density at radius 1 is 1.50 bits per heavy atom. The van der Waals surface area contributed by atoms with Crippen molar-refractivity contribution in [1.82, 2.24) is 19.7 Å². The Balaban J connectivity index is 0.00000288. The second kappa shape index (κ2) is 10.5. The number of aryl methyl sites for hydroxylation is 1. The van der Waals surface area contributed by atoms with Gasteiger partial charge in [-0.25, -0.2) is 0 Å². The molecule has 0 amide bonds.